The molecule has 6 heteroatoms. The molecular weight excluding hydrogens is 342 g/mol. The monoisotopic (exact) mass is 358 g/mol. The van der Waals surface area contributed by atoms with E-state index in [2.05, 4.69) is 0 Å². The van der Waals surface area contributed by atoms with E-state index >= 15 is 0 Å². The zero-order chi connectivity index (χ0) is 17.1. The number of nitrogens with zero attached hydrogens (tertiary/aromatic N) is 1. The summed E-state index contributed by atoms with van der Waals surface area (Å²) in [5, 5.41) is 1.85. The summed E-state index contributed by atoms with van der Waals surface area (Å²) in [6.07, 6.45) is 0. The summed E-state index contributed by atoms with van der Waals surface area (Å²) >= 11 is -0.887. The second-order valence-electron chi connectivity index (χ2n) is 5.20. The number of thiophene rings is 1. The lowest BCUT2D eigenvalue weighted by Gasteiger charge is -2.26. The first kappa shape index (κ1) is 16.7. The van der Waals surface area contributed by atoms with Crippen LogP contribution in [0.25, 0.3) is 10.4 Å². The average Bonchev–Trinajstić information content (AvgIpc) is 3.06. The fourth-order valence-corrected chi connectivity index (χ4v) is 4.03. The van der Waals surface area contributed by atoms with Gasteiger partial charge in [0.05, 0.1) is 29.8 Å². The fraction of sp³-hybridized carbons (Fsp3) is 0.111. The predicted octanol–water partition coefficient (Wildman–Crippen LogP) is 4.66. The molecule has 1 atom stereocenters. The minimum Gasteiger partial charge on any atom is -0.755 e. The Morgan fingerprint density at radius 1 is 1.12 bits per heavy atom. The summed E-state index contributed by atoms with van der Waals surface area (Å²) in [7, 11) is 1.63. The van der Waals surface area contributed by atoms with Gasteiger partial charge in [-0.15, -0.1) is 11.3 Å². The molecule has 0 aliphatic carbocycles. The number of methoxy groups -OCH3 is 1. The molecule has 0 N–H and O–H groups in total. The van der Waals surface area contributed by atoms with E-state index in [0.717, 1.165) is 21.8 Å². The first-order valence-electron chi connectivity index (χ1n) is 7.28. The highest BCUT2D eigenvalue weighted by molar-refractivity contribution is 7.81. The van der Waals surface area contributed by atoms with E-state index in [9.17, 15) is 8.76 Å². The number of rotatable bonds is 5. The molecule has 0 saturated carbocycles. The van der Waals surface area contributed by atoms with E-state index in [4.69, 9.17) is 4.74 Å². The molecule has 1 unspecified atom stereocenters. The summed E-state index contributed by atoms with van der Waals surface area (Å²) in [6.45, 7) is 1.89. The molecule has 2 aromatic carbocycles. The van der Waals surface area contributed by atoms with Gasteiger partial charge in [-0.1, -0.05) is 18.2 Å². The molecule has 0 amide bonds. The van der Waals surface area contributed by atoms with Gasteiger partial charge in [0, 0.05) is 10.3 Å². The van der Waals surface area contributed by atoms with Crippen LogP contribution in [0.3, 0.4) is 0 Å². The van der Waals surface area contributed by atoms with E-state index in [0.29, 0.717) is 11.4 Å². The molecule has 24 heavy (non-hydrogen) atoms. The van der Waals surface area contributed by atoms with Crippen molar-refractivity contribution >= 4 is 34.0 Å². The van der Waals surface area contributed by atoms with Gasteiger partial charge >= 0.3 is 0 Å². The van der Waals surface area contributed by atoms with Gasteiger partial charge < -0.3 is 9.29 Å². The molecule has 0 radical (unpaired) electrons. The Bertz CT molecular complexity index is 859. The minimum absolute atomic E-state index is 0.633. The van der Waals surface area contributed by atoms with Crippen LogP contribution in [0, 0.1) is 6.92 Å². The summed E-state index contributed by atoms with van der Waals surface area (Å²) < 4.78 is 30.1. The Hall–Kier alpha value is -2.15. The van der Waals surface area contributed by atoms with Crippen LogP contribution >= 0.6 is 11.3 Å². The van der Waals surface area contributed by atoms with Crippen LogP contribution in [-0.4, -0.2) is 15.9 Å². The third-order valence-corrected chi connectivity index (χ3v) is 5.35. The smallest absolute Gasteiger partial charge is 0.118 e. The number of aryl methyl sites for hydroxylation is 1. The largest absolute Gasteiger partial charge is 0.755 e. The second-order valence-corrected chi connectivity index (χ2v) is 6.91. The maximum absolute atomic E-state index is 11.8. The maximum atomic E-state index is 11.8. The maximum Gasteiger partial charge on any atom is 0.118 e. The van der Waals surface area contributed by atoms with Gasteiger partial charge in [-0.05, 0) is 54.4 Å². The van der Waals surface area contributed by atoms with Crippen molar-refractivity contribution in [2.75, 3.05) is 11.4 Å². The van der Waals surface area contributed by atoms with Crippen LogP contribution < -0.4 is 9.04 Å². The lowest BCUT2D eigenvalue weighted by Crippen LogP contribution is -2.19. The van der Waals surface area contributed by atoms with Crippen molar-refractivity contribution in [2.24, 2.45) is 0 Å². The van der Waals surface area contributed by atoms with Gasteiger partial charge in [0.15, 0.2) is 0 Å². The molecule has 0 fully saturated rings. The highest BCUT2D eigenvalue weighted by Crippen LogP contribution is 2.37. The molecule has 3 rings (SSSR count). The minimum atomic E-state index is -2.39. The molecule has 4 nitrogen and oxygen atoms in total. The summed E-state index contributed by atoms with van der Waals surface area (Å²) in [5.74, 6) is 0.790. The van der Waals surface area contributed by atoms with Crippen LogP contribution in [-0.2, 0) is 11.3 Å². The fourth-order valence-electron chi connectivity index (χ4n) is 2.44. The van der Waals surface area contributed by atoms with Crippen molar-refractivity contribution in [3.8, 4) is 16.2 Å². The Morgan fingerprint density at radius 3 is 2.46 bits per heavy atom. The Morgan fingerprint density at radius 2 is 1.83 bits per heavy atom. The zero-order valence-corrected chi connectivity index (χ0v) is 14.9. The van der Waals surface area contributed by atoms with Crippen molar-refractivity contribution in [3.63, 3.8) is 0 Å². The van der Waals surface area contributed by atoms with Crippen LogP contribution in [0.4, 0.5) is 11.4 Å². The van der Waals surface area contributed by atoms with Crippen LogP contribution in [0.1, 0.15) is 5.56 Å². The lowest BCUT2D eigenvalue weighted by atomic mass is 10.1. The lowest BCUT2D eigenvalue weighted by molar-refractivity contribution is 0.415. The van der Waals surface area contributed by atoms with E-state index in [-0.39, 0.29) is 0 Å². The number of para-hydroxylation sites is 1. The van der Waals surface area contributed by atoms with Gasteiger partial charge in [-0.2, -0.15) is 0 Å². The predicted molar refractivity (Wildman–Crippen MR) is 98.5 cm³/mol. The first-order valence-corrected chi connectivity index (χ1v) is 9.19. The summed E-state index contributed by atoms with van der Waals surface area (Å²) in [6, 6.07) is 17.0. The van der Waals surface area contributed by atoms with Gasteiger partial charge in [0.25, 0.3) is 0 Å². The Balaban J connectivity index is 1.97. The topological polar surface area (TPSA) is 52.6 Å². The molecule has 0 aliphatic rings. The van der Waals surface area contributed by atoms with E-state index in [1.165, 1.54) is 15.6 Å². The van der Waals surface area contributed by atoms with Crippen molar-refractivity contribution in [1.29, 1.82) is 0 Å². The van der Waals surface area contributed by atoms with Crippen LogP contribution in [0.5, 0.6) is 5.75 Å². The van der Waals surface area contributed by atoms with Crippen molar-refractivity contribution < 1.29 is 13.5 Å². The second kappa shape index (κ2) is 7.17. The number of hydrogen-bond acceptors (Lipinski definition) is 4. The highest BCUT2D eigenvalue weighted by Gasteiger charge is 2.15. The SMILES string of the molecule is COc1ccc(-c2cc(N(c3ccccc3C)S(=O)[O-])cs2)cc1. The molecule has 1 heterocycles. The van der Waals surface area contributed by atoms with Gasteiger partial charge in [0.1, 0.15) is 5.75 Å². The molecule has 3 aromatic rings. The molecule has 0 aliphatic heterocycles. The summed E-state index contributed by atoms with van der Waals surface area (Å²) in [4.78, 5) is 0.997. The number of ether oxygens (including phenoxy) is 1. The summed E-state index contributed by atoms with van der Waals surface area (Å²) in [5.41, 5.74) is 3.21. The molecule has 0 bridgehead atoms. The third-order valence-electron chi connectivity index (χ3n) is 3.68. The van der Waals surface area contributed by atoms with Crippen molar-refractivity contribution in [3.05, 3.63) is 65.5 Å². The van der Waals surface area contributed by atoms with Gasteiger partial charge in [-0.25, -0.2) is 0 Å². The number of anilines is 2. The van der Waals surface area contributed by atoms with Crippen molar-refractivity contribution in [1.82, 2.24) is 0 Å². The van der Waals surface area contributed by atoms with E-state index < -0.39 is 11.3 Å². The molecule has 0 spiro atoms. The normalized spacial score (nSPS) is 12.0. The van der Waals surface area contributed by atoms with Crippen LogP contribution in [0.2, 0.25) is 0 Å². The molecule has 1 aromatic heterocycles. The zero-order valence-electron chi connectivity index (χ0n) is 13.3. The quantitative estimate of drug-likeness (QED) is 0.623. The average molecular weight is 358 g/mol. The first-order chi connectivity index (χ1) is 11.6. The number of benzene rings is 2. The van der Waals surface area contributed by atoms with E-state index in [1.807, 2.05) is 60.8 Å². The molecule has 124 valence electrons. The third kappa shape index (κ3) is 3.36. The number of hydrogen-bond donors (Lipinski definition) is 0. The standard InChI is InChI=1S/C18H17NO3S2/c1-13-5-3-4-6-17(13)19(24(20)21)15-11-18(23-12-15)14-7-9-16(22-2)10-8-14/h3-12H,1-2H3,(H,20,21)/p-1. The Labute approximate surface area is 147 Å². The van der Waals surface area contributed by atoms with E-state index in [1.54, 1.807) is 13.2 Å². The molecular formula is C18H16NO3S2-. The highest BCUT2D eigenvalue weighted by atomic mass is 32.2. The van der Waals surface area contributed by atoms with Crippen LogP contribution in [0.15, 0.2) is 60.0 Å². The Kier molecular flexibility index (Phi) is 4.99. The van der Waals surface area contributed by atoms with Gasteiger partial charge in [0.2, 0.25) is 0 Å². The molecule has 0 saturated heterocycles. The van der Waals surface area contributed by atoms with Crippen molar-refractivity contribution in [2.45, 2.75) is 6.92 Å². The van der Waals surface area contributed by atoms with Gasteiger partial charge in [-0.3, -0.25) is 8.51 Å².